The molecule has 0 aliphatic heterocycles. The number of anilines is 1. The van der Waals surface area contributed by atoms with Crippen molar-refractivity contribution >= 4 is 17.5 Å². The molecule has 0 saturated heterocycles. The van der Waals surface area contributed by atoms with Gasteiger partial charge in [-0.1, -0.05) is 24.9 Å². The molecular formula is C12H18ClN3O. The monoisotopic (exact) mass is 255 g/mol. The van der Waals surface area contributed by atoms with Crippen molar-refractivity contribution in [1.82, 2.24) is 9.97 Å². The Labute approximate surface area is 107 Å². The van der Waals surface area contributed by atoms with Crippen LogP contribution >= 0.6 is 11.6 Å². The number of hydrogen-bond acceptors (Lipinski definition) is 4. The Morgan fingerprint density at radius 2 is 2.18 bits per heavy atom. The number of halogens is 1. The predicted octanol–water partition coefficient (Wildman–Crippen LogP) is 3.13. The molecule has 5 heteroatoms. The minimum Gasteiger partial charge on any atom is -0.473 e. The highest BCUT2D eigenvalue weighted by Crippen LogP contribution is 2.30. The molecule has 1 N–H and O–H groups in total. The molecule has 2 rings (SSSR count). The Hall–Kier alpha value is -1.03. The summed E-state index contributed by atoms with van der Waals surface area (Å²) in [6.45, 7) is 2.22. The lowest BCUT2D eigenvalue weighted by Crippen LogP contribution is -2.28. The molecule has 1 saturated carbocycles. The fourth-order valence-electron chi connectivity index (χ4n) is 2.16. The molecule has 0 amide bonds. The summed E-state index contributed by atoms with van der Waals surface area (Å²) in [4.78, 5) is 8.28. The standard InChI is InChI=1S/C12H18ClN3O/c1-8-5-3-4-6-10(8)17-11-9(13)7-15-12(14-2)16-11/h7-8,10H,3-6H2,1-2H3,(H,14,15,16). The van der Waals surface area contributed by atoms with Crippen molar-refractivity contribution in [2.24, 2.45) is 5.92 Å². The van der Waals surface area contributed by atoms with Gasteiger partial charge in [-0.15, -0.1) is 0 Å². The smallest absolute Gasteiger partial charge is 0.237 e. The fourth-order valence-corrected chi connectivity index (χ4v) is 2.29. The SMILES string of the molecule is CNc1ncc(Cl)c(OC2CCCCC2C)n1. The quantitative estimate of drug-likeness (QED) is 0.902. The van der Waals surface area contributed by atoms with Gasteiger partial charge in [-0.3, -0.25) is 0 Å². The van der Waals surface area contributed by atoms with Crippen LogP contribution in [-0.2, 0) is 0 Å². The van der Waals surface area contributed by atoms with Crippen LogP contribution in [0.2, 0.25) is 5.02 Å². The van der Waals surface area contributed by atoms with Gasteiger partial charge in [-0.25, -0.2) is 4.98 Å². The first kappa shape index (κ1) is 12.4. The third-order valence-electron chi connectivity index (χ3n) is 3.23. The Morgan fingerprint density at radius 3 is 2.88 bits per heavy atom. The molecule has 4 nitrogen and oxygen atoms in total. The number of ether oxygens (including phenoxy) is 1. The van der Waals surface area contributed by atoms with Gasteiger partial charge >= 0.3 is 0 Å². The van der Waals surface area contributed by atoms with Gasteiger partial charge in [0.2, 0.25) is 11.8 Å². The number of nitrogens with one attached hydrogen (secondary N) is 1. The molecular weight excluding hydrogens is 238 g/mol. The van der Waals surface area contributed by atoms with Gasteiger partial charge in [-0.05, 0) is 25.2 Å². The number of nitrogens with zero attached hydrogens (tertiary/aromatic N) is 2. The molecule has 1 aromatic heterocycles. The highest BCUT2D eigenvalue weighted by molar-refractivity contribution is 6.31. The van der Waals surface area contributed by atoms with E-state index in [0.29, 0.717) is 22.8 Å². The van der Waals surface area contributed by atoms with Crippen molar-refractivity contribution in [2.75, 3.05) is 12.4 Å². The average molecular weight is 256 g/mol. The van der Waals surface area contributed by atoms with Crippen molar-refractivity contribution in [1.29, 1.82) is 0 Å². The first-order chi connectivity index (χ1) is 8.20. The second-order valence-corrected chi connectivity index (χ2v) is 4.92. The van der Waals surface area contributed by atoms with Crippen molar-refractivity contribution in [3.8, 4) is 5.88 Å². The van der Waals surface area contributed by atoms with Crippen molar-refractivity contribution in [3.63, 3.8) is 0 Å². The molecule has 0 radical (unpaired) electrons. The Morgan fingerprint density at radius 1 is 1.41 bits per heavy atom. The summed E-state index contributed by atoms with van der Waals surface area (Å²) in [5.74, 6) is 1.59. The van der Waals surface area contributed by atoms with Crippen molar-refractivity contribution in [2.45, 2.75) is 38.7 Å². The van der Waals surface area contributed by atoms with E-state index in [1.54, 1.807) is 13.2 Å². The van der Waals surface area contributed by atoms with Crippen LogP contribution in [0.5, 0.6) is 5.88 Å². The van der Waals surface area contributed by atoms with Crippen LogP contribution in [0.4, 0.5) is 5.95 Å². The summed E-state index contributed by atoms with van der Waals surface area (Å²) in [5.41, 5.74) is 0. The van der Waals surface area contributed by atoms with E-state index in [9.17, 15) is 0 Å². The molecule has 1 aromatic rings. The molecule has 2 unspecified atom stereocenters. The summed E-state index contributed by atoms with van der Waals surface area (Å²) in [7, 11) is 1.77. The van der Waals surface area contributed by atoms with Gasteiger partial charge in [0.25, 0.3) is 0 Å². The molecule has 1 fully saturated rings. The topological polar surface area (TPSA) is 47.0 Å². The van der Waals surface area contributed by atoms with Crippen LogP contribution in [0, 0.1) is 5.92 Å². The van der Waals surface area contributed by atoms with E-state index in [0.717, 1.165) is 6.42 Å². The number of hydrogen-bond donors (Lipinski definition) is 1. The normalized spacial score (nSPS) is 24.4. The molecule has 17 heavy (non-hydrogen) atoms. The van der Waals surface area contributed by atoms with Gasteiger partial charge in [0.15, 0.2) is 0 Å². The zero-order valence-electron chi connectivity index (χ0n) is 10.2. The van der Waals surface area contributed by atoms with Crippen LogP contribution in [-0.4, -0.2) is 23.1 Å². The lowest BCUT2D eigenvalue weighted by Gasteiger charge is -2.29. The highest BCUT2D eigenvalue weighted by Gasteiger charge is 2.24. The Balaban J connectivity index is 2.11. The molecule has 1 aliphatic rings. The van der Waals surface area contributed by atoms with Crippen LogP contribution in [0.25, 0.3) is 0 Å². The fraction of sp³-hybridized carbons (Fsp3) is 0.667. The molecule has 94 valence electrons. The van der Waals surface area contributed by atoms with Gasteiger partial charge in [0.05, 0.1) is 6.20 Å². The average Bonchev–Trinajstić information content (AvgIpc) is 2.35. The molecule has 0 spiro atoms. The van der Waals surface area contributed by atoms with E-state index in [-0.39, 0.29) is 6.10 Å². The Bertz CT molecular complexity index is 386. The lowest BCUT2D eigenvalue weighted by atomic mass is 9.88. The van der Waals surface area contributed by atoms with Crippen molar-refractivity contribution in [3.05, 3.63) is 11.2 Å². The maximum Gasteiger partial charge on any atom is 0.237 e. The largest absolute Gasteiger partial charge is 0.473 e. The van der Waals surface area contributed by atoms with E-state index >= 15 is 0 Å². The van der Waals surface area contributed by atoms with E-state index < -0.39 is 0 Å². The maximum absolute atomic E-state index is 6.04. The molecule has 2 atom stereocenters. The highest BCUT2D eigenvalue weighted by atomic mass is 35.5. The van der Waals surface area contributed by atoms with E-state index in [2.05, 4.69) is 22.2 Å². The first-order valence-corrected chi connectivity index (χ1v) is 6.45. The van der Waals surface area contributed by atoms with Gasteiger partial charge in [0.1, 0.15) is 11.1 Å². The van der Waals surface area contributed by atoms with Crippen molar-refractivity contribution < 1.29 is 4.74 Å². The third kappa shape index (κ3) is 3.00. The summed E-state index contributed by atoms with van der Waals surface area (Å²) in [6, 6.07) is 0. The number of rotatable bonds is 3. The molecule has 0 aromatic carbocycles. The van der Waals surface area contributed by atoms with E-state index in [1.807, 2.05) is 0 Å². The number of aromatic nitrogens is 2. The molecule has 1 aliphatic carbocycles. The van der Waals surface area contributed by atoms with Crippen LogP contribution < -0.4 is 10.1 Å². The maximum atomic E-state index is 6.04. The second-order valence-electron chi connectivity index (χ2n) is 4.51. The van der Waals surface area contributed by atoms with E-state index in [1.165, 1.54) is 19.3 Å². The molecule has 1 heterocycles. The lowest BCUT2D eigenvalue weighted by molar-refractivity contribution is 0.0977. The summed E-state index contributed by atoms with van der Waals surface area (Å²) in [5, 5.41) is 3.36. The van der Waals surface area contributed by atoms with Crippen LogP contribution in [0.3, 0.4) is 0 Å². The van der Waals surface area contributed by atoms with E-state index in [4.69, 9.17) is 16.3 Å². The van der Waals surface area contributed by atoms with Gasteiger partial charge < -0.3 is 10.1 Å². The predicted molar refractivity (Wildman–Crippen MR) is 68.6 cm³/mol. The summed E-state index contributed by atoms with van der Waals surface area (Å²) < 4.78 is 5.92. The van der Waals surface area contributed by atoms with Crippen LogP contribution in [0.15, 0.2) is 6.20 Å². The zero-order valence-corrected chi connectivity index (χ0v) is 11.0. The van der Waals surface area contributed by atoms with Gasteiger partial charge in [-0.2, -0.15) is 4.98 Å². The summed E-state index contributed by atoms with van der Waals surface area (Å²) in [6.07, 6.45) is 6.60. The van der Waals surface area contributed by atoms with Crippen LogP contribution in [0.1, 0.15) is 32.6 Å². The van der Waals surface area contributed by atoms with Gasteiger partial charge in [0, 0.05) is 7.05 Å². The summed E-state index contributed by atoms with van der Waals surface area (Å²) >= 11 is 6.04. The Kier molecular flexibility index (Phi) is 4.05. The second kappa shape index (κ2) is 5.54. The third-order valence-corrected chi connectivity index (χ3v) is 3.49. The minimum absolute atomic E-state index is 0.223. The zero-order chi connectivity index (χ0) is 12.3. The minimum atomic E-state index is 0.223. The first-order valence-electron chi connectivity index (χ1n) is 6.07. The molecule has 0 bridgehead atoms.